The Kier molecular flexibility index (Phi) is 11.1. The Morgan fingerprint density at radius 2 is 1.40 bits per heavy atom. The van der Waals surface area contributed by atoms with Crippen LogP contribution in [-0.4, -0.2) is 43.8 Å². The van der Waals surface area contributed by atoms with Crippen molar-refractivity contribution in [3.8, 4) is 0 Å². The van der Waals surface area contributed by atoms with E-state index in [1.54, 1.807) is 54.6 Å². The maximum Gasteiger partial charge on any atom is 0.264 e. The highest BCUT2D eigenvalue weighted by molar-refractivity contribution is 7.92. The van der Waals surface area contributed by atoms with Crippen LogP contribution in [0.1, 0.15) is 42.5 Å². The molecule has 7 nitrogen and oxygen atoms in total. The molecule has 0 aliphatic rings. The van der Waals surface area contributed by atoms with E-state index in [2.05, 4.69) is 5.32 Å². The number of hydrogen-bond acceptors (Lipinski definition) is 4. The van der Waals surface area contributed by atoms with Gasteiger partial charge in [0.25, 0.3) is 10.0 Å². The molecule has 0 aliphatic carbocycles. The first-order valence-electron chi connectivity index (χ1n) is 15.0. The lowest BCUT2D eigenvalue weighted by Crippen LogP contribution is -2.54. The average Bonchev–Trinajstić information content (AvgIpc) is 3.03. The molecule has 2 atom stereocenters. The quantitative estimate of drug-likeness (QED) is 0.191. The number of halogens is 1. The van der Waals surface area contributed by atoms with E-state index >= 15 is 4.39 Å². The summed E-state index contributed by atoms with van der Waals surface area (Å²) in [5, 5.41) is 2.98. The zero-order chi connectivity index (χ0) is 32.6. The lowest BCUT2D eigenvalue weighted by atomic mass is 10.0. The highest BCUT2D eigenvalue weighted by Crippen LogP contribution is 2.26. The molecule has 0 spiro atoms. The molecule has 0 fully saturated rings. The van der Waals surface area contributed by atoms with E-state index in [9.17, 15) is 18.0 Å². The molecule has 9 heteroatoms. The third-order valence-electron chi connectivity index (χ3n) is 7.78. The van der Waals surface area contributed by atoms with Crippen molar-refractivity contribution in [2.45, 2.75) is 64.1 Å². The monoisotopic (exact) mass is 629 g/mol. The molecule has 4 aromatic rings. The van der Waals surface area contributed by atoms with Crippen LogP contribution in [0.15, 0.2) is 108 Å². The van der Waals surface area contributed by atoms with Crippen molar-refractivity contribution in [3.63, 3.8) is 0 Å². The average molecular weight is 630 g/mol. The molecule has 0 radical (unpaired) electrons. The van der Waals surface area contributed by atoms with Crippen molar-refractivity contribution in [2.24, 2.45) is 0 Å². The Morgan fingerprint density at radius 3 is 2.00 bits per heavy atom. The Balaban J connectivity index is 1.81. The van der Waals surface area contributed by atoms with Gasteiger partial charge in [-0.3, -0.25) is 13.9 Å². The van der Waals surface area contributed by atoms with Crippen molar-refractivity contribution in [3.05, 3.63) is 131 Å². The third kappa shape index (κ3) is 8.57. The van der Waals surface area contributed by atoms with Crippen molar-refractivity contribution >= 4 is 27.5 Å². The summed E-state index contributed by atoms with van der Waals surface area (Å²) in [6, 6.07) is 27.3. The van der Waals surface area contributed by atoms with E-state index < -0.39 is 40.2 Å². The molecule has 2 unspecified atom stereocenters. The van der Waals surface area contributed by atoms with Crippen LogP contribution in [0.3, 0.4) is 0 Å². The van der Waals surface area contributed by atoms with Crippen molar-refractivity contribution in [1.29, 1.82) is 0 Å². The van der Waals surface area contributed by atoms with Gasteiger partial charge in [0.1, 0.15) is 18.4 Å². The second-order valence-electron chi connectivity index (χ2n) is 11.3. The van der Waals surface area contributed by atoms with Crippen LogP contribution in [0, 0.1) is 19.7 Å². The smallest absolute Gasteiger partial charge is 0.264 e. The molecule has 4 rings (SSSR count). The minimum absolute atomic E-state index is 0.0254. The summed E-state index contributed by atoms with van der Waals surface area (Å²) in [6.45, 7) is 6.71. The Labute approximate surface area is 265 Å². The third-order valence-corrected chi connectivity index (χ3v) is 9.57. The summed E-state index contributed by atoms with van der Waals surface area (Å²) in [5.41, 5.74) is 3.12. The molecule has 0 saturated heterocycles. The summed E-state index contributed by atoms with van der Waals surface area (Å²) in [5.74, 6) is -1.57. The molecule has 1 N–H and O–H groups in total. The summed E-state index contributed by atoms with van der Waals surface area (Å²) in [6.07, 6.45) is 0.819. The summed E-state index contributed by atoms with van der Waals surface area (Å²) in [4.78, 5) is 29.6. The number of amides is 2. The first-order chi connectivity index (χ1) is 21.5. The zero-order valence-corrected chi connectivity index (χ0v) is 26.9. The lowest BCUT2D eigenvalue weighted by molar-refractivity contribution is -0.140. The van der Waals surface area contributed by atoms with Gasteiger partial charge in [0.2, 0.25) is 11.8 Å². The van der Waals surface area contributed by atoms with Crippen LogP contribution < -0.4 is 9.62 Å². The summed E-state index contributed by atoms with van der Waals surface area (Å²) < 4.78 is 44.3. The van der Waals surface area contributed by atoms with Crippen LogP contribution >= 0.6 is 0 Å². The van der Waals surface area contributed by atoms with E-state index in [-0.39, 0.29) is 29.5 Å². The second kappa shape index (κ2) is 15.0. The van der Waals surface area contributed by atoms with Crippen LogP contribution in [0.5, 0.6) is 0 Å². The molecule has 2 amide bonds. The minimum Gasteiger partial charge on any atom is -0.352 e. The number of nitrogens with zero attached hydrogens (tertiary/aromatic N) is 2. The number of nitrogens with one attached hydrogen (secondary N) is 1. The van der Waals surface area contributed by atoms with Gasteiger partial charge in [-0.15, -0.1) is 0 Å². The number of carbonyl (C=O) groups excluding carboxylic acids is 2. The van der Waals surface area contributed by atoms with Gasteiger partial charge in [-0.05, 0) is 63.1 Å². The largest absolute Gasteiger partial charge is 0.352 e. The maximum absolute atomic E-state index is 15.0. The minimum atomic E-state index is -4.21. The van der Waals surface area contributed by atoms with E-state index in [0.29, 0.717) is 12.1 Å². The Bertz CT molecular complexity index is 1690. The Morgan fingerprint density at radius 1 is 0.822 bits per heavy atom. The van der Waals surface area contributed by atoms with Gasteiger partial charge >= 0.3 is 0 Å². The lowest BCUT2D eigenvalue weighted by Gasteiger charge is -2.34. The number of rotatable bonds is 13. The molecular weight excluding hydrogens is 589 g/mol. The molecule has 0 saturated carbocycles. The van der Waals surface area contributed by atoms with Crippen LogP contribution in [-0.2, 0) is 32.6 Å². The van der Waals surface area contributed by atoms with Gasteiger partial charge < -0.3 is 10.2 Å². The number of hydrogen-bond donors (Lipinski definition) is 1. The number of anilines is 1. The molecule has 236 valence electrons. The number of carbonyl (C=O) groups is 2. The standard InChI is InChI=1S/C36H40FN3O4S/c1-5-28(4)38-36(42)34(23-29-11-7-6-8-12-29)39(24-30-13-9-10-14-33(30)37)35(41)25-40(31-19-15-26(2)16-20-31)45(43,44)32-21-17-27(3)18-22-32/h6-22,28,34H,5,23-25H2,1-4H3,(H,38,42). The van der Waals surface area contributed by atoms with Crippen molar-refractivity contribution < 1.29 is 22.4 Å². The van der Waals surface area contributed by atoms with Crippen LogP contribution in [0.25, 0.3) is 0 Å². The molecule has 4 aromatic carbocycles. The number of benzene rings is 4. The van der Waals surface area contributed by atoms with Gasteiger partial charge in [-0.1, -0.05) is 90.8 Å². The highest BCUT2D eigenvalue weighted by atomic mass is 32.2. The van der Waals surface area contributed by atoms with Gasteiger partial charge in [-0.25, -0.2) is 12.8 Å². The van der Waals surface area contributed by atoms with Crippen LogP contribution in [0.2, 0.25) is 0 Å². The van der Waals surface area contributed by atoms with Gasteiger partial charge in [0.15, 0.2) is 0 Å². The normalized spacial score (nSPS) is 12.6. The number of aryl methyl sites for hydroxylation is 2. The van der Waals surface area contributed by atoms with Gasteiger partial charge in [-0.2, -0.15) is 0 Å². The van der Waals surface area contributed by atoms with Gasteiger partial charge in [0, 0.05) is 24.6 Å². The number of sulfonamides is 1. The van der Waals surface area contributed by atoms with E-state index in [1.807, 2.05) is 58.0 Å². The van der Waals surface area contributed by atoms with E-state index in [4.69, 9.17) is 0 Å². The van der Waals surface area contributed by atoms with Crippen LogP contribution in [0.4, 0.5) is 10.1 Å². The summed E-state index contributed by atoms with van der Waals surface area (Å²) in [7, 11) is -4.21. The SMILES string of the molecule is CCC(C)NC(=O)C(Cc1ccccc1)N(Cc1ccccc1F)C(=O)CN(c1ccc(C)cc1)S(=O)(=O)c1ccc(C)cc1. The predicted molar refractivity (Wildman–Crippen MR) is 176 cm³/mol. The molecular formula is C36H40FN3O4S. The molecule has 0 aromatic heterocycles. The second-order valence-corrected chi connectivity index (χ2v) is 13.2. The molecule has 0 heterocycles. The van der Waals surface area contributed by atoms with E-state index in [0.717, 1.165) is 21.0 Å². The zero-order valence-electron chi connectivity index (χ0n) is 26.1. The maximum atomic E-state index is 15.0. The highest BCUT2D eigenvalue weighted by Gasteiger charge is 2.35. The van der Waals surface area contributed by atoms with Crippen molar-refractivity contribution in [1.82, 2.24) is 10.2 Å². The summed E-state index contributed by atoms with van der Waals surface area (Å²) >= 11 is 0. The fourth-order valence-corrected chi connectivity index (χ4v) is 6.30. The Hall–Kier alpha value is -4.50. The first-order valence-corrected chi connectivity index (χ1v) is 16.5. The fraction of sp³-hybridized carbons (Fsp3) is 0.278. The molecule has 45 heavy (non-hydrogen) atoms. The predicted octanol–water partition coefficient (Wildman–Crippen LogP) is 6.19. The molecule has 0 aliphatic heterocycles. The fourth-order valence-electron chi connectivity index (χ4n) is 4.88. The van der Waals surface area contributed by atoms with Gasteiger partial charge in [0.05, 0.1) is 10.6 Å². The first kappa shape index (κ1) is 33.4. The van der Waals surface area contributed by atoms with E-state index in [1.165, 1.54) is 23.1 Å². The van der Waals surface area contributed by atoms with Crippen molar-refractivity contribution in [2.75, 3.05) is 10.8 Å². The molecule has 0 bridgehead atoms. The topological polar surface area (TPSA) is 86.8 Å².